The fourth-order valence-electron chi connectivity index (χ4n) is 6.25. The van der Waals surface area contributed by atoms with Gasteiger partial charge in [-0.1, -0.05) is 71.4 Å². The van der Waals surface area contributed by atoms with Gasteiger partial charge in [0, 0.05) is 30.4 Å². The number of Topliss-reactive ketones (excluding diaryl/α,β-unsaturated/α-hetero) is 1. The fraction of sp³-hybridized carbons (Fsp3) is 0.611. The largest absolute Gasteiger partial charge is 0.481 e. The zero-order valence-corrected chi connectivity index (χ0v) is 30.4. The molecule has 1 aliphatic heterocycles. The van der Waals surface area contributed by atoms with Crippen molar-refractivity contribution in [3.63, 3.8) is 0 Å². The Morgan fingerprint density at radius 1 is 1.02 bits per heavy atom. The molecule has 1 aromatic carbocycles. The van der Waals surface area contributed by atoms with E-state index < -0.39 is 35.9 Å². The van der Waals surface area contributed by atoms with Crippen LogP contribution in [-0.2, 0) is 20.8 Å². The number of nitrogens with one attached hydrogen (secondary N) is 2. The van der Waals surface area contributed by atoms with Crippen LogP contribution in [0.5, 0.6) is 0 Å². The first-order valence-corrected chi connectivity index (χ1v) is 17.8. The Kier molecular flexibility index (Phi) is 14.3. The van der Waals surface area contributed by atoms with Crippen LogP contribution in [0, 0.1) is 24.7 Å². The van der Waals surface area contributed by atoms with Gasteiger partial charge < -0.3 is 20.6 Å². The Morgan fingerprint density at radius 2 is 1.69 bits per heavy atom. The molecule has 2 aromatic rings. The van der Waals surface area contributed by atoms with Crippen molar-refractivity contribution in [2.24, 2.45) is 17.8 Å². The second kappa shape index (κ2) is 17.7. The average molecular weight is 684 g/mol. The molecule has 5 atom stereocenters. The maximum Gasteiger partial charge on any atom is 0.306 e. The SMILES string of the molecule is Cc1sc(C(=O)C[C@H](C(C)C)N(C)C(=O)[C@@H](NC(=O)[C@H]2CCCCN2C)C(C)C)nc1C(=O)N[C@@H](Cc1ccccc1)C[C@H](C)C(=O)O. The summed E-state index contributed by atoms with van der Waals surface area (Å²) in [6.45, 7) is 11.9. The molecule has 0 saturated carbocycles. The summed E-state index contributed by atoms with van der Waals surface area (Å²) < 4.78 is 0. The van der Waals surface area contributed by atoms with E-state index in [1.807, 2.05) is 70.0 Å². The van der Waals surface area contributed by atoms with Crippen molar-refractivity contribution >= 4 is 40.8 Å². The van der Waals surface area contributed by atoms with Gasteiger partial charge in [-0.2, -0.15) is 0 Å². The summed E-state index contributed by atoms with van der Waals surface area (Å²) in [4.78, 5) is 74.3. The van der Waals surface area contributed by atoms with Gasteiger partial charge in [0.15, 0.2) is 10.8 Å². The van der Waals surface area contributed by atoms with E-state index in [1.165, 1.54) is 0 Å². The number of carbonyl (C=O) groups excluding carboxylic acids is 4. The zero-order chi connectivity index (χ0) is 35.7. The lowest BCUT2D eigenvalue weighted by Crippen LogP contribution is -2.57. The highest BCUT2D eigenvalue weighted by Gasteiger charge is 2.36. The molecule has 1 fully saturated rings. The predicted octanol–water partition coefficient (Wildman–Crippen LogP) is 4.58. The van der Waals surface area contributed by atoms with Gasteiger partial charge in [-0.15, -0.1) is 11.3 Å². The molecule has 3 rings (SSSR count). The van der Waals surface area contributed by atoms with Crippen LogP contribution in [0.25, 0.3) is 0 Å². The Balaban J connectivity index is 1.73. The Morgan fingerprint density at radius 3 is 2.27 bits per heavy atom. The number of rotatable bonds is 16. The number of amides is 3. The second-order valence-electron chi connectivity index (χ2n) is 13.9. The Hall–Kier alpha value is -3.64. The summed E-state index contributed by atoms with van der Waals surface area (Å²) >= 11 is 1.13. The van der Waals surface area contributed by atoms with E-state index in [4.69, 9.17) is 0 Å². The summed E-state index contributed by atoms with van der Waals surface area (Å²) in [5, 5.41) is 15.6. The highest BCUT2D eigenvalue weighted by Crippen LogP contribution is 2.24. The molecule has 0 spiro atoms. The minimum absolute atomic E-state index is 0.00476. The highest BCUT2D eigenvalue weighted by atomic mass is 32.1. The first kappa shape index (κ1) is 38.8. The van der Waals surface area contributed by atoms with Gasteiger partial charge in [0.05, 0.1) is 12.0 Å². The van der Waals surface area contributed by atoms with E-state index in [-0.39, 0.29) is 59.0 Å². The van der Waals surface area contributed by atoms with Gasteiger partial charge in [-0.3, -0.25) is 28.9 Å². The van der Waals surface area contributed by atoms with E-state index in [0.29, 0.717) is 11.3 Å². The molecule has 1 aromatic heterocycles. The number of carboxylic acid groups (broad SMARTS) is 1. The normalized spacial score (nSPS) is 17.8. The molecule has 0 unspecified atom stereocenters. The maximum absolute atomic E-state index is 13.8. The van der Waals surface area contributed by atoms with Crippen LogP contribution in [-0.4, -0.2) is 94.2 Å². The van der Waals surface area contributed by atoms with Crippen LogP contribution in [0.3, 0.4) is 0 Å². The lowest BCUT2D eigenvalue weighted by Gasteiger charge is -2.36. The van der Waals surface area contributed by atoms with Crippen molar-refractivity contribution in [1.82, 2.24) is 25.4 Å². The highest BCUT2D eigenvalue weighted by molar-refractivity contribution is 7.13. The predicted molar refractivity (Wildman–Crippen MR) is 187 cm³/mol. The number of piperidine rings is 1. The number of aliphatic carboxylic acids is 1. The van der Waals surface area contributed by atoms with Gasteiger partial charge in [0.1, 0.15) is 11.7 Å². The summed E-state index contributed by atoms with van der Waals surface area (Å²) in [6.07, 6.45) is 3.46. The van der Waals surface area contributed by atoms with Gasteiger partial charge in [0.2, 0.25) is 11.8 Å². The summed E-state index contributed by atoms with van der Waals surface area (Å²) in [7, 11) is 3.60. The molecule has 3 N–H and O–H groups in total. The monoisotopic (exact) mass is 683 g/mol. The number of benzene rings is 1. The number of aryl methyl sites for hydroxylation is 1. The standard InChI is InChI=1S/C36H53N5O6S/c1-21(2)28(41(8)35(45)30(22(3)4)38-32(43)27-16-12-13-17-40(27)7)20-29(42)34-39-31(24(6)48-34)33(44)37-26(18-23(5)36(46)47)19-25-14-10-9-11-15-25/h9-11,14-15,21-23,26-28,30H,12-13,16-20H2,1-8H3,(H,37,44)(H,38,43)(H,46,47)/t23-,26+,27+,28+,30-/m0/s1. The minimum Gasteiger partial charge on any atom is -0.481 e. The number of hydrogen-bond donors (Lipinski definition) is 3. The van der Waals surface area contributed by atoms with Crippen LogP contribution < -0.4 is 10.6 Å². The third-order valence-electron chi connectivity index (χ3n) is 9.28. The second-order valence-corrected chi connectivity index (χ2v) is 15.1. The Bertz CT molecular complexity index is 1430. The lowest BCUT2D eigenvalue weighted by atomic mass is 9.94. The molecular formula is C36H53N5O6S. The smallest absolute Gasteiger partial charge is 0.306 e. The van der Waals surface area contributed by atoms with Crippen molar-refractivity contribution in [2.75, 3.05) is 20.6 Å². The molecule has 0 radical (unpaired) electrons. The molecular weight excluding hydrogens is 630 g/mol. The van der Waals surface area contributed by atoms with Crippen molar-refractivity contribution < 1.29 is 29.1 Å². The van der Waals surface area contributed by atoms with Crippen molar-refractivity contribution in [3.05, 3.63) is 51.5 Å². The van der Waals surface area contributed by atoms with Gasteiger partial charge >= 0.3 is 5.97 Å². The zero-order valence-electron chi connectivity index (χ0n) is 29.6. The summed E-state index contributed by atoms with van der Waals surface area (Å²) in [5.74, 6) is -2.99. The molecule has 12 heteroatoms. The van der Waals surface area contributed by atoms with Gasteiger partial charge in [0.25, 0.3) is 5.91 Å². The lowest BCUT2D eigenvalue weighted by molar-refractivity contribution is -0.141. The molecule has 1 saturated heterocycles. The van der Waals surface area contributed by atoms with E-state index in [1.54, 1.807) is 25.8 Å². The number of aromatic nitrogens is 1. The Labute approximate surface area is 288 Å². The molecule has 264 valence electrons. The number of thiazole rings is 1. The van der Waals surface area contributed by atoms with Crippen LogP contribution in [0.4, 0.5) is 0 Å². The quantitative estimate of drug-likeness (QED) is 0.218. The van der Waals surface area contributed by atoms with E-state index in [2.05, 4.69) is 15.6 Å². The van der Waals surface area contributed by atoms with Gasteiger partial charge in [-0.05, 0) is 63.6 Å². The third-order valence-corrected chi connectivity index (χ3v) is 10.3. The maximum atomic E-state index is 13.8. The topological polar surface area (TPSA) is 149 Å². The molecule has 3 amide bonds. The van der Waals surface area contributed by atoms with E-state index in [0.717, 1.165) is 42.7 Å². The summed E-state index contributed by atoms with van der Waals surface area (Å²) in [5.41, 5.74) is 1.09. The molecule has 48 heavy (non-hydrogen) atoms. The number of carbonyl (C=O) groups is 5. The van der Waals surface area contributed by atoms with Crippen molar-refractivity contribution in [2.45, 2.75) is 104 Å². The fourth-order valence-corrected chi connectivity index (χ4v) is 7.11. The van der Waals surface area contributed by atoms with Crippen LogP contribution in [0.2, 0.25) is 0 Å². The number of likely N-dealkylation sites (tertiary alicyclic amines) is 1. The third kappa shape index (κ3) is 10.4. The first-order valence-electron chi connectivity index (χ1n) is 17.0. The van der Waals surface area contributed by atoms with Crippen molar-refractivity contribution in [3.8, 4) is 0 Å². The van der Waals surface area contributed by atoms with E-state index >= 15 is 0 Å². The van der Waals surface area contributed by atoms with E-state index in [9.17, 15) is 29.1 Å². The number of hydrogen-bond acceptors (Lipinski definition) is 8. The van der Waals surface area contributed by atoms with Crippen LogP contribution in [0.1, 0.15) is 97.5 Å². The molecule has 11 nitrogen and oxygen atoms in total. The van der Waals surface area contributed by atoms with Crippen LogP contribution in [0.15, 0.2) is 30.3 Å². The number of carboxylic acids is 1. The van der Waals surface area contributed by atoms with Crippen LogP contribution >= 0.6 is 11.3 Å². The van der Waals surface area contributed by atoms with Gasteiger partial charge in [-0.25, -0.2) is 4.98 Å². The molecule has 2 heterocycles. The number of likely N-dealkylation sites (N-methyl/N-ethyl adjacent to an activating group) is 2. The average Bonchev–Trinajstić information content (AvgIpc) is 3.43. The molecule has 1 aliphatic rings. The molecule has 0 bridgehead atoms. The first-order chi connectivity index (χ1) is 22.6. The van der Waals surface area contributed by atoms with Crippen molar-refractivity contribution in [1.29, 1.82) is 0 Å². The minimum atomic E-state index is -0.942. The molecule has 0 aliphatic carbocycles. The summed E-state index contributed by atoms with van der Waals surface area (Å²) in [6, 6.07) is 7.60. The number of ketones is 1. The number of nitrogens with zero attached hydrogens (tertiary/aromatic N) is 3.